The third-order valence-electron chi connectivity index (χ3n) is 11.4. The first-order valence-electron chi connectivity index (χ1n) is 25.0. The summed E-state index contributed by atoms with van der Waals surface area (Å²) in [6, 6.07) is 93.0. The number of hydrogen-bond acceptors (Lipinski definition) is 6. The number of pyridine rings is 3. The number of aromatic nitrogens is 6. The first kappa shape index (κ1) is 59.0. The van der Waals surface area contributed by atoms with Crippen molar-refractivity contribution < 1.29 is 0 Å². The van der Waals surface area contributed by atoms with E-state index in [-0.39, 0.29) is 0 Å². The summed E-state index contributed by atoms with van der Waals surface area (Å²) in [7, 11) is 0. The molecule has 392 valence electrons. The first-order chi connectivity index (χ1) is 39.1. The van der Waals surface area contributed by atoms with Gasteiger partial charge >= 0.3 is 0 Å². The van der Waals surface area contributed by atoms with Gasteiger partial charge in [-0.15, -0.1) is 0 Å². The molecular weight excluding hydrogens is 1380 g/mol. The van der Waals surface area contributed by atoms with Gasteiger partial charge in [-0.2, -0.15) is 0 Å². The van der Waals surface area contributed by atoms with E-state index in [2.05, 4.69) is 247 Å². The maximum absolute atomic E-state index is 4.62. The summed E-state index contributed by atoms with van der Waals surface area (Å²) in [6.07, 6.45) is 3.52. The molecule has 6 nitrogen and oxygen atoms in total. The lowest BCUT2D eigenvalue weighted by molar-refractivity contribution is 1.03. The molecule has 4 heterocycles. The molecule has 0 saturated heterocycles. The number of halogens is 6. The van der Waals surface area contributed by atoms with Crippen LogP contribution in [0.2, 0.25) is 0 Å². The lowest BCUT2D eigenvalue weighted by atomic mass is 10.1. The van der Waals surface area contributed by atoms with Crippen LogP contribution >= 0.6 is 95.6 Å². The number of hydrogen-bond donors (Lipinski definition) is 0. The Balaban J connectivity index is 0.000000130. The van der Waals surface area contributed by atoms with Crippen LogP contribution in [0.25, 0.3) is 78.2 Å². The quantitative estimate of drug-likeness (QED) is 0.171. The minimum atomic E-state index is 0.542. The van der Waals surface area contributed by atoms with E-state index in [1.165, 1.54) is 32.7 Å². The number of fused-ring (bicyclic) bond motifs is 2. The van der Waals surface area contributed by atoms with Crippen LogP contribution in [0.15, 0.2) is 319 Å². The Kier molecular flexibility index (Phi) is 23.3. The second-order valence-electron chi connectivity index (χ2n) is 17.1. The molecule has 0 bridgehead atoms. The molecule has 0 aliphatic heterocycles. The Bertz CT molecular complexity index is 3690. The maximum Gasteiger partial charge on any atom is 0.200 e. The van der Waals surface area contributed by atoms with Crippen molar-refractivity contribution in [2.75, 3.05) is 0 Å². The van der Waals surface area contributed by atoms with Crippen LogP contribution in [-0.4, -0.2) is 29.9 Å². The summed E-state index contributed by atoms with van der Waals surface area (Å²) in [6.45, 7) is 0. The van der Waals surface area contributed by atoms with Gasteiger partial charge in [0, 0.05) is 45.9 Å². The van der Waals surface area contributed by atoms with Gasteiger partial charge in [-0.1, -0.05) is 280 Å². The zero-order valence-electron chi connectivity index (χ0n) is 42.7. The number of nitrogens with zero attached hydrogens (tertiary/aromatic N) is 6. The average molecular weight is 1430 g/mol. The summed E-state index contributed by atoms with van der Waals surface area (Å²) in [5, 5.41) is 5.12. The Morgan fingerprint density at radius 3 is 1.16 bits per heavy atom. The van der Waals surface area contributed by atoms with Crippen LogP contribution in [0.5, 0.6) is 0 Å². The molecule has 0 amide bonds. The third kappa shape index (κ3) is 18.7. The van der Waals surface area contributed by atoms with Gasteiger partial charge in [-0.25, -0.2) is 19.9 Å². The summed E-state index contributed by atoms with van der Waals surface area (Å²) in [4.78, 5) is 26.4. The molecule has 0 fully saturated rings. The predicted octanol–water partition coefficient (Wildman–Crippen LogP) is 21.7. The Morgan fingerprint density at radius 2 is 0.662 bits per heavy atom. The lowest BCUT2D eigenvalue weighted by Crippen LogP contribution is -1.97. The lowest BCUT2D eigenvalue weighted by Gasteiger charge is -2.05. The minimum Gasteiger partial charge on any atom is -0.255 e. The molecule has 0 saturated carbocycles. The Morgan fingerprint density at radius 1 is 0.237 bits per heavy atom. The van der Waals surface area contributed by atoms with E-state index in [9.17, 15) is 0 Å². The molecular formula is C68H48Br6N6. The zero-order valence-corrected chi connectivity index (χ0v) is 52.2. The molecule has 0 atom stereocenters. The highest BCUT2D eigenvalue weighted by atomic mass is 79.9. The van der Waals surface area contributed by atoms with Crippen molar-refractivity contribution in [1.82, 2.24) is 29.9 Å². The summed E-state index contributed by atoms with van der Waals surface area (Å²) < 4.78 is 6.05. The van der Waals surface area contributed by atoms with E-state index in [1.807, 2.05) is 158 Å². The third-order valence-corrected chi connectivity index (χ3v) is 14.5. The second kappa shape index (κ2) is 31.6. The smallest absolute Gasteiger partial charge is 0.200 e. The van der Waals surface area contributed by atoms with Crippen molar-refractivity contribution in [3.8, 4) is 56.7 Å². The van der Waals surface area contributed by atoms with Crippen LogP contribution in [0.1, 0.15) is 0 Å². The fourth-order valence-electron chi connectivity index (χ4n) is 7.60. The van der Waals surface area contributed by atoms with Crippen molar-refractivity contribution in [1.29, 1.82) is 0 Å². The second-order valence-corrected chi connectivity index (χ2v) is 22.3. The Hall–Kier alpha value is -7.16. The zero-order chi connectivity index (χ0) is 55.7. The topological polar surface area (TPSA) is 77.3 Å². The normalized spacial score (nSPS) is 10.1. The van der Waals surface area contributed by atoms with E-state index in [4.69, 9.17) is 0 Å². The van der Waals surface area contributed by atoms with Gasteiger partial charge in [-0.3, -0.25) is 9.97 Å². The van der Waals surface area contributed by atoms with Gasteiger partial charge in [0.15, 0.2) is 11.6 Å². The molecule has 0 aliphatic rings. The van der Waals surface area contributed by atoms with Crippen LogP contribution in [0.3, 0.4) is 0 Å². The van der Waals surface area contributed by atoms with Gasteiger partial charge in [0.2, 0.25) is 4.73 Å². The van der Waals surface area contributed by atoms with E-state index >= 15 is 0 Å². The summed E-state index contributed by atoms with van der Waals surface area (Å²) in [5.41, 5.74) is 7.82. The van der Waals surface area contributed by atoms with Crippen molar-refractivity contribution in [2.45, 2.75) is 0 Å². The van der Waals surface area contributed by atoms with Crippen molar-refractivity contribution in [3.63, 3.8) is 0 Å². The van der Waals surface area contributed by atoms with Crippen LogP contribution in [-0.2, 0) is 0 Å². The van der Waals surface area contributed by atoms with Crippen molar-refractivity contribution >= 4 is 117 Å². The van der Waals surface area contributed by atoms with Crippen molar-refractivity contribution in [3.05, 3.63) is 319 Å². The van der Waals surface area contributed by atoms with Gasteiger partial charge in [0.25, 0.3) is 0 Å². The number of rotatable bonds is 5. The fraction of sp³-hybridized carbons (Fsp3) is 0. The summed E-state index contributed by atoms with van der Waals surface area (Å²) >= 11 is 20.5. The highest BCUT2D eigenvalue weighted by Gasteiger charge is 2.09. The highest BCUT2D eigenvalue weighted by Crippen LogP contribution is 2.27. The maximum atomic E-state index is 4.62. The molecule has 13 aromatic rings. The van der Waals surface area contributed by atoms with Crippen LogP contribution in [0, 0.1) is 0 Å². The summed E-state index contributed by atoms with van der Waals surface area (Å²) in [5.74, 6) is 1.34. The van der Waals surface area contributed by atoms with E-state index in [0.29, 0.717) is 16.4 Å². The predicted molar refractivity (Wildman–Crippen MR) is 354 cm³/mol. The molecule has 0 unspecified atom stereocenters. The molecule has 0 spiro atoms. The molecule has 9 aromatic carbocycles. The van der Waals surface area contributed by atoms with Gasteiger partial charge < -0.3 is 0 Å². The first-order valence-corrected chi connectivity index (χ1v) is 29.7. The molecule has 80 heavy (non-hydrogen) atoms. The standard InChI is InChI=1S/2C15H10BrN3.C12H9Br.2C10H7Br.C6H5Br/c16-11-9-14(12-5-1-3-7-17-12)19-15(10-11)13-6-2-4-8-18-13;16-15-18-13(11-7-3-1-4-8-11)17-14(19-15)12-9-5-2-6-10-12;13-12-8-6-11(7-9-12)10-4-2-1-3-5-10;11-10-7-3-5-8-4-1-2-6-9(8)10;11-10-6-5-8-3-1-2-4-9(8)7-10;7-6-4-2-1-3-5-6/h2*1-10H;1-9H;2*1-7H;1-5H. The largest absolute Gasteiger partial charge is 0.255 e. The SMILES string of the molecule is Brc1cc(-c2ccccn2)nc(-c2ccccn2)c1.Brc1ccc(-c2ccccc2)cc1.Brc1ccc2ccccc2c1.Brc1cccc2ccccc12.Brc1ccccc1.Brc1nc(-c2ccccc2)nc(-c2ccccc2)n1. The molecule has 13 rings (SSSR count). The Labute approximate surface area is 517 Å². The van der Waals surface area contributed by atoms with E-state index in [1.54, 1.807) is 12.4 Å². The van der Waals surface area contributed by atoms with E-state index < -0.39 is 0 Å². The number of benzene rings is 9. The molecule has 4 aromatic heterocycles. The van der Waals surface area contributed by atoms with Gasteiger partial charge in [0.05, 0.1) is 22.8 Å². The molecule has 0 aliphatic carbocycles. The molecule has 0 radical (unpaired) electrons. The monoisotopic (exact) mass is 1420 g/mol. The average Bonchev–Trinajstić information content (AvgIpc) is 3.51. The van der Waals surface area contributed by atoms with Gasteiger partial charge in [-0.05, 0) is 127 Å². The van der Waals surface area contributed by atoms with Crippen LogP contribution in [0.4, 0.5) is 0 Å². The molecule has 12 heteroatoms. The van der Waals surface area contributed by atoms with Crippen molar-refractivity contribution in [2.24, 2.45) is 0 Å². The fourth-order valence-corrected chi connectivity index (χ4v) is 9.84. The van der Waals surface area contributed by atoms with E-state index in [0.717, 1.165) is 56.3 Å². The highest BCUT2D eigenvalue weighted by molar-refractivity contribution is 9.11. The van der Waals surface area contributed by atoms with Crippen LogP contribution < -0.4 is 0 Å². The minimum absolute atomic E-state index is 0.542. The molecule has 0 N–H and O–H groups in total. The van der Waals surface area contributed by atoms with Gasteiger partial charge in [0.1, 0.15) is 0 Å².